The molecule has 4 aromatic rings. The number of oxazole rings is 1. The average molecular weight is 513 g/mol. The average Bonchev–Trinajstić information content (AvgIpc) is 3.45. The number of nitrogens with one attached hydrogen (secondary N) is 1. The van der Waals surface area contributed by atoms with Crippen molar-refractivity contribution in [2.24, 2.45) is 0 Å². The van der Waals surface area contributed by atoms with Crippen molar-refractivity contribution in [2.75, 3.05) is 20.3 Å². The lowest BCUT2D eigenvalue weighted by Crippen LogP contribution is -2.46. The Bertz CT molecular complexity index is 1390. The van der Waals surface area contributed by atoms with Crippen LogP contribution < -0.4 is 14.8 Å². The molecule has 8 heteroatoms. The summed E-state index contributed by atoms with van der Waals surface area (Å²) in [5.41, 5.74) is 7.21. The minimum atomic E-state index is -0.277. The van der Waals surface area contributed by atoms with Gasteiger partial charge in [-0.05, 0) is 66.8 Å². The van der Waals surface area contributed by atoms with Crippen LogP contribution in [-0.4, -0.2) is 41.2 Å². The Balaban J connectivity index is 1.47. The van der Waals surface area contributed by atoms with E-state index < -0.39 is 0 Å². The van der Waals surface area contributed by atoms with Crippen LogP contribution in [0, 0.1) is 13.8 Å². The molecule has 38 heavy (non-hydrogen) atoms. The van der Waals surface area contributed by atoms with Crippen LogP contribution in [0.15, 0.2) is 71.8 Å². The van der Waals surface area contributed by atoms with Gasteiger partial charge in [-0.25, -0.2) is 9.78 Å². The minimum Gasteiger partial charge on any atom is -0.493 e. The summed E-state index contributed by atoms with van der Waals surface area (Å²) < 4.78 is 17.0. The van der Waals surface area contributed by atoms with Gasteiger partial charge in [0, 0.05) is 24.9 Å². The number of amides is 2. The molecule has 3 heterocycles. The summed E-state index contributed by atoms with van der Waals surface area (Å²) in [7, 11) is 1.65. The molecule has 1 N–H and O–H groups in total. The van der Waals surface area contributed by atoms with Gasteiger partial charge >= 0.3 is 6.03 Å². The van der Waals surface area contributed by atoms with Gasteiger partial charge in [-0.15, -0.1) is 0 Å². The number of rotatable bonds is 8. The molecule has 0 radical (unpaired) electrons. The van der Waals surface area contributed by atoms with Crippen LogP contribution in [0.3, 0.4) is 0 Å². The first-order chi connectivity index (χ1) is 18.5. The van der Waals surface area contributed by atoms with Gasteiger partial charge in [0.2, 0.25) is 0 Å². The summed E-state index contributed by atoms with van der Waals surface area (Å²) in [4.78, 5) is 23.9. The van der Waals surface area contributed by atoms with Crippen molar-refractivity contribution in [1.29, 1.82) is 0 Å². The van der Waals surface area contributed by atoms with Gasteiger partial charge in [0.05, 0.1) is 32.0 Å². The zero-order valence-electron chi connectivity index (χ0n) is 21.9. The lowest BCUT2D eigenvalue weighted by molar-refractivity contribution is 0.179. The van der Waals surface area contributed by atoms with Gasteiger partial charge in [-0.2, -0.15) is 0 Å². The van der Waals surface area contributed by atoms with Gasteiger partial charge < -0.3 is 24.1 Å². The Morgan fingerprint density at radius 3 is 2.71 bits per heavy atom. The van der Waals surface area contributed by atoms with Crippen molar-refractivity contribution in [2.45, 2.75) is 39.3 Å². The third kappa shape index (κ3) is 5.49. The van der Waals surface area contributed by atoms with E-state index in [9.17, 15) is 4.79 Å². The van der Waals surface area contributed by atoms with E-state index in [1.54, 1.807) is 13.3 Å². The van der Waals surface area contributed by atoms with Gasteiger partial charge in [-0.3, -0.25) is 4.98 Å². The van der Waals surface area contributed by atoms with Crippen LogP contribution in [0.1, 0.15) is 45.2 Å². The normalized spacial score (nSPS) is 14.6. The van der Waals surface area contributed by atoms with Crippen molar-refractivity contribution in [3.05, 3.63) is 107 Å². The van der Waals surface area contributed by atoms with Crippen molar-refractivity contribution in [3.8, 4) is 11.5 Å². The lowest BCUT2D eigenvalue weighted by atomic mass is 9.85. The monoisotopic (exact) mass is 512 g/mol. The summed E-state index contributed by atoms with van der Waals surface area (Å²) in [6.45, 7) is 5.49. The highest BCUT2D eigenvalue weighted by atomic mass is 16.5. The molecule has 0 bridgehead atoms. The number of pyridine rings is 1. The molecular weight excluding hydrogens is 480 g/mol. The smallest absolute Gasteiger partial charge is 0.318 e. The van der Waals surface area contributed by atoms with E-state index in [0.717, 1.165) is 27.9 Å². The number of fused-ring (bicyclic) bond motifs is 1. The summed E-state index contributed by atoms with van der Waals surface area (Å²) in [5.74, 6) is 1.34. The third-order valence-corrected chi connectivity index (χ3v) is 6.88. The molecule has 0 aliphatic carbocycles. The van der Waals surface area contributed by atoms with Crippen LogP contribution >= 0.6 is 0 Å². The second kappa shape index (κ2) is 11.4. The molecule has 1 aliphatic heterocycles. The number of methoxy groups -OCH3 is 1. The first-order valence-corrected chi connectivity index (χ1v) is 12.8. The van der Waals surface area contributed by atoms with E-state index in [0.29, 0.717) is 49.7 Å². The Hall–Kier alpha value is -4.33. The summed E-state index contributed by atoms with van der Waals surface area (Å²) in [5, 5.41) is 3.01. The minimum absolute atomic E-state index is 0.155. The highest BCUT2D eigenvalue weighted by molar-refractivity contribution is 5.76. The number of nitrogens with zero attached hydrogens (tertiary/aromatic N) is 3. The van der Waals surface area contributed by atoms with E-state index in [-0.39, 0.29) is 12.1 Å². The van der Waals surface area contributed by atoms with E-state index in [1.807, 2.05) is 35.2 Å². The van der Waals surface area contributed by atoms with Crippen LogP contribution in [0.4, 0.5) is 4.79 Å². The maximum absolute atomic E-state index is 13.5. The maximum atomic E-state index is 13.5. The summed E-state index contributed by atoms with van der Waals surface area (Å²) in [6.07, 6.45) is 6.07. The van der Waals surface area contributed by atoms with E-state index in [2.05, 4.69) is 47.3 Å². The quantitative estimate of drug-likeness (QED) is 0.350. The predicted octanol–water partition coefficient (Wildman–Crippen LogP) is 5.17. The Kier molecular flexibility index (Phi) is 7.58. The number of aromatic nitrogens is 2. The molecule has 1 atom stereocenters. The lowest BCUT2D eigenvalue weighted by Gasteiger charge is -2.38. The number of carbonyl (C=O) groups excluding carboxylic acids is 1. The second-order valence-corrected chi connectivity index (χ2v) is 9.47. The molecule has 1 aliphatic rings. The van der Waals surface area contributed by atoms with Crippen LogP contribution in [-0.2, 0) is 19.4 Å². The SMILES string of the molecule is COc1cc2c(cc1OCCc1ccccn1)C(c1ccc(C)cc1C)N(C(=O)NCc1cocn1)CC2. The van der Waals surface area contributed by atoms with Crippen molar-refractivity contribution < 1.29 is 18.7 Å². The summed E-state index contributed by atoms with van der Waals surface area (Å²) in [6, 6.07) is 15.9. The number of hydrogen-bond acceptors (Lipinski definition) is 6. The number of carbonyl (C=O) groups is 1. The molecule has 0 fully saturated rings. The van der Waals surface area contributed by atoms with Crippen molar-refractivity contribution in [1.82, 2.24) is 20.2 Å². The predicted molar refractivity (Wildman–Crippen MR) is 143 cm³/mol. The molecule has 2 aromatic carbocycles. The van der Waals surface area contributed by atoms with Crippen LogP contribution in [0.25, 0.3) is 0 Å². The molecule has 0 spiro atoms. The van der Waals surface area contributed by atoms with Gasteiger partial charge in [0.25, 0.3) is 0 Å². The molecule has 5 rings (SSSR count). The molecule has 2 aromatic heterocycles. The van der Waals surface area contributed by atoms with Crippen LogP contribution in [0.2, 0.25) is 0 Å². The number of hydrogen-bond donors (Lipinski definition) is 1. The Morgan fingerprint density at radius 1 is 1.08 bits per heavy atom. The van der Waals surface area contributed by atoms with Gasteiger partial charge in [0.15, 0.2) is 17.9 Å². The molecule has 1 unspecified atom stereocenters. The largest absolute Gasteiger partial charge is 0.493 e. The standard InChI is InChI=1S/C30H32N4O4/c1-20-7-8-25(21(2)14-20)29-26-16-28(38-13-10-23-6-4-5-11-31-23)27(36-3)15-22(26)9-12-34(29)30(35)32-17-24-18-37-19-33-24/h4-8,11,14-16,18-19,29H,9-10,12-13,17H2,1-3H3,(H,32,35). The number of benzene rings is 2. The maximum Gasteiger partial charge on any atom is 0.318 e. The van der Waals surface area contributed by atoms with Crippen molar-refractivity contribution >= 4 is 6.03 Å². The fourth-order valence-electron chi connectivity index (χ4n) is 4.99. The van der Waals surface area contributed by atoms with Crippen molar-refractivity contribution in [3.63, 3.8) is 0 Å². The van der Waals surface area contributed by atoms with E-state index in [1.165, 1.54) is 18.2 Å². The van der Waals surface area contributed by atoms with Gasteiger partial charge in [0.1, 0.15) is 6.26 Å². The van der Waals surface area contributed by atoms with Gasteiger partial charge in [-0.1, -0.05) is 29.8 Å². The summed E-state index contributed by atoms with van der Waals surface area (Å²) >= 11 is 0. The molecular formula is C30H32N4O4. The fourth-order valence-corrected chi connectivity index (χ4v) is 4.99. The number of aryl methyl sites for hydroxylation is 2. The first-order valence-electron chi connectivity index (χ1n) is 12.8. The zero-order chi connectivity index (χ0) is 26.5. The molecule has 196 valence electrons. The first kappa shape index (κ1) is 25.3. The molecule has 2 amide bonds. The number of ether oxygens (including phenoxy) is 2. The second-order valence-electron chi connectivity index (χ2n) is 9.47. The molecule has 0 saturated carbocycles. The zero-order valence-corrected chi connectivity index (χ0v) is 21.9. The highest BCUT2D eigenvalue weighted by Gasteiger charge is 2.34. The fraction of sp³-hybridized carbons (Fsp3) is 0.300. The molecule has 0 saturated heterocycles. The number of urea groups is 1. The molecule has 8 nitrogen and oxygen atoms in total. The highest BCUT2D eigenvalue weighted by Crippen LogP contribution is 2.42. The Morgan fingerprint density at radius 2 is 1.97 bits per heavy atom. The van der Waals surface area contributed by atoms with E-state index >= 15 is 0 Å². The third-order valence-electron chi connectivity index (χ3n) is 6.88. The topological polar surface area (TPSA) is 89.7 Å². The Labute approximate surface area is 222 Å². The van der Waals surface area contributed by atoms with E-state index in [4.69, 9.17) is 13.9 Å². The van der Waals surface area contributed by atoms with Crippen LogP contribution in [0.5, 0.6) is 11.5 Å².